The number of aliphatic carboxylic acids is 1. The number of amides is 2. The Bertz CT molecular complexity index is 1440. The minimum absolute atomic E-state index is 0.0511. The van der Waals surface area contributed by atoms with Gasteiger partial charge < -0.3 is 30.3 Å². The molecule has 0 bridgehead atoms. The Kier molecular flexibility index (Phi) is 15.9. The van der Waals surface area contributed by atoms with Gasteiger partial charge in [-0.15, -0.1) is 0 Å². The average Bonchev–Trinajstić information content (AvgIpc) is 2.84. The Morgan fingerprint density at radius 1 is 0.711 bits per heavy atom. The SMILES string of the molecule is CC(C)(C)OC(=O)NCC(=O)CS(=O)(=O)CCCC(=O)O.CC(C)(C)OC(=O)NCC(=O)CS(=O)(=O)c1ccc(C(=O)O)cc1. The lowest BCUT2D eigenvalue weighted by atomic mass is 10.2. The van der Waals surface area contributed by atoms with Crippen molar-refractivity contribution in [3.8, 4) is 0 Å². The van der Waals surface area contributed by atoms with Crippen LogP contribution < -0.4 is 10.6 Å². The van der Waals surface area contributed by atoms with Crippen molar-refractivity contribution in [1.82, 2.24) is 10.6 Å². The molecular formula is C27H40N2O14S2. The van der Waals surface area contributed by atoms with Gasteiger partial charge in [0.1, 0.15) is 22.7 Å². The number of rotatable bonds is 14. The van der Waals surface area contributed by atoms with E-state index in [1.165, 1.54) is 0 Å². The lowest BCUT2D eigenvalue weighted by molar-refractivity contribution is -0.137. The lowest BCUT2D eigenvalue weighted by Gasteiger charge is -2.19. The van der Waals surface area contributed by atoms with Crippen LogP contribution in [0.5, 0.6) is 0 Å². The summed E-state index contributed by atoms with van der Waals surface area (Å²) in [5.41, 5.74) is -1.51. The van der Waals surface area contributed by atoms with E-state index in [4.69, 9.17) is 19.7 Å². The molecule has 0 saturated heterocycles. The lowest BCUT2D eigenvalue weighted by Crippen LogP contribution is -2.37. The standard InChI is InChI=1S/C15H19NO7S.C12H21NO7S/c1-15(2,3)23-14(20)16-8-11(17)9-24(21,22)12-6-4-10(5-7-12)13(18)19;1-12(2,3)20-11(17)13-7-9(14)8-21(18,19)6-4-5-10(15)16/h4-7H,8-9H2,1-3H3,(H,16,20)(H,18,19);4-8H2,1-3H3,(H,13,17)(H,15,16). The second-order valence-corrected chi connectivity index (χ2v) is 15.6. The zero-order valence-corrected chi connectivity index (χ0v) is 27.5. The number of sulfone groups is 2. The molecule has 0 saturated carbocycles. The third-order valence-corrected chi connectivity index (χ3v) is 8.06. The minimum atomic E-state index is -3.92. The molecule has 0 fully saturated rings. The first-order valence-electron chi connectivity index (χ1n) is 13.3. The van der Waals surface area contributed by atoms with Crippen LogP contribution in [0.1, 0.15) is 64.7 Å². The summed E-state index contributed by atoms with van der Waals surface area (Å²) >= 11 is 0. The third kappa shape index (κ3) is 20.5. The van der Waals surface area contributed by atoms with E-state index in [-0.39, 0.29) is 29.1 Å². The molecule has 0 unspecified atom stereocenters. The summed E-state index contributed by atoms with van der Waals surface area (Å²) in [5, 5.41) is 21.5. The first-order valence-corrected chi connectivity index (χ1v) is 16.7. The van der Waals surface area contributed by atoms with E-state index in [0.717, 1.165) is 24.3 Å². The highest BCUT2D eigenvalue weighted by molar-refractivity contribution is 7.92. The van der Waals surface area contributed by atoms with Gasteiger partial charge in [-0.2, -0.15) is 0 Å². The summed E-state index contributed by atoms with van der Waals surface area (Å²) in [6.45, 7) is 8.98. The quantitative estimate of drug-likeness (QED) is 0.218. The summed E-state index contributed by atoms with van der Waals surface area (Å²) in [6.07, 6.45) is -1.95. The number of benzene rings is 1. The number of carboxylic acids is 2. The Labute approximate surface area is 261 Å². The summed E-state index contributed by atoms with van der Waals surface area (Å²) in [5.74, 6) is -5.60. The van der Waals surface area contributed by atoms with Crippen molar-refractivity contribution in [1.29, 1.82) is 0 Å². The summed E-state index contributed by atoms with van der Waals surface area (Å²) in [6, 6.07) is 4.51. The molecule has 0 spiro atoms. The molecule has 254 valence electrons. The van der Waals surface area contributed by atoms with Gasteiger partial charge in [0.05, 0.1) is 29.3 Å². The van der Waals surface area contributed by atoms with Gasteiger partial charge in [-0.05, 0) is 72.2 Å². The van der Waals surface area contributed by atoms with E-state index in [9.17, 15) is 45.6 Å². The first-order chi connectivity index (χ1) is 20.3. The van der Waals surface area contributed by atoms with Crippen LogP contribution in [0.3, 0.4) is 0 Å². The van der Waals surface area contributed by atoms with Crippen molar-refractivity contribution in [2.45, 2.75) is 70.5 Å². The van der Waals surface area contributed by atoms with Gasteiger partial charge in [0.2, 0.25) is 0 Å². The van der Waals surface area contributed by atoms with Crippen molar-refractivity contribution < 1.29 is 65.3 Å². The molecule has 0 aliphatic rings. The Morgan fingerprint density at radius 2 is 1.13 bits per heavy atom. The summed E-state index contributed by atoms with van der Waals surface area (Å²) in [7, 11) is -7.58. The second-order valence-electron chi connectivity index (χ2n) is 11.5. The van der Waals surface area contributed by atoms with Crippen molar-refractivity contribution in [2.24, 2.45) is 0 Å². The van der Waals surface area contributed by atoms with E-state index in [2.05, 4.69) is 10.6 Å². The van der Waals surface area contributed by atoms with Crippen molar-refractivity contribution >= 4 is 55.4 Å². The van der Waals surface area contributed by atoms with E-state index < -0.39 is 91.2 Å². The van der Waals surface area contributed by atoms with Crippen LogP contribution in [0.15, 0.2) is 29.2 Å². The van der Waals surface area contributed by atoms with Crippen LogP contribution in [0.2, 0.25) is 0 Å². The number of nitrogens with one attached hydrogen (secondary N) is 2. The number of hydrogen-bond donors (Lipinski definition) is 4. The number of hydrogen-bond acceptors (Lipinski definition) is 12. The highest BCUT2D eigenvalue weighted by Crippen LogP contribution is 2.13. The molecule has 1 aromatic rings. The number of ketones is 2. The molecule has 4 N–H and O–H groups in total. The average molecular weight is 681 g/mol. The zero-order chi connectivity index (χ0) is 35.2. The Balaban J connectivity index is 0.000000870. The number of ether oxygens (including phenoxy) is 2. The van der Waals surface area contributed by atoms with E-state index in [1.54, 1.807) is 41.5 Å². The van der Waals surface area contributed by atoms with Gasteiger partial charge in [-0.3, -0.25) is 14.4 Å². The molecule has 0 aliphatic heterocycles. The van der Waals surface area contributed by atoms with Crippen molar-refractivity contribution in [3.05, 3.63) is 29.8 Å². The molecule has 1 rings (SSSR count). The van der Waals surface area contributed by atoms with Crippen LogP contribution in [0, 0.1) is 0 Å². The number of carbonyl (C=O) groups excluding carboxylic acids is 4. The number of carbonyl (C=O) groups is 6. The normalized spacial score (nSPS) is 11.7. The summed E-state index contributed by atoms with van der Waals surface area (Å²) in [4.78, 5) is 66.7. The van der Waals surface area contributed by atoms with Crippen molar-refractivity contribution in [3.63, 3.8) is 0 Å². The number of alkyl carbamates (subject to hydrolysis) is 2. The number of Topliss-reactive ketones (excluding diaryl/α,β-unsaturated/α-hetero) is 2. The maximum atomic E-state index is 12.1. The molecule has 0 aliphatic carbocycles. The highest BCUT2D eigenvalue weighted by atomic mass is 32.2. The number of aromatic carboxylic acids is 1. The molecular weight excluding hydrogens is 640 g/mol. The Hall–Kier alpha value is -4.06. The van der Waals surface area contributed by atoms with Gasteiger partial charge in [0.15, 0.2) is 31.2 Å². The topological polar surface area (TPSA) is 254 Å². The predicted molar refractivity (Wildman–Crippen MR) is 159 cm³/mol. The first kappa shape index (κ1) is 40.9. The zero-order valence-electron chi connectivity index (χ0n) is 25.9. The van der Waals surface area contributed by atoms with Crippen LogP contribution in [-0.2, 0) is 43.5 Å². The molecule has 45 heavy (non-hydrogen) atoms. The maximum absolute atomic E-state index is 12.1. The highest BCUT2D eigenvalue weighted by Gasteiger charge is 2.22. The molecule has 0 atom stereocenters. The van der Waals surface area contributed by atoms with Crippen LogP contribution >= 0.6 is 0 Å². The van der Waals surface area contributed by atoms with Crippen LogP contribution in [-0.4, -0.2) is 104 Å². The third-order valence-electron chi connectivity index (χ3n) is 4.70. The predicted octanol–water partition coefficient (Wildman–Crippen LogP) is 1.61. The fourth-order valence-electron chi connectivity index (χ4n) is 2.93. The molecule has 0 aromatic heterocycles. The van der Waals surface area contributed by atoms with Crippen LogP contribution in [0.4, 0.5) is 9.59 Å². The van der Waals surface area contributed by atoms with Gasteiger partial charge in [0, 0.05) is 6.42 Å². The minimum Gasteiger partial charge on any atom is -0.481 e. The van der Waals surface area contributed by atoms with Gasteiger partial charge in [-0.25, -0.2) is 31.2 Å². The van der Waals surface area contributed by atoms with Gasteiger partial charge in [-0.1, -0.05) is 0 Å². The Morgan fingerprint density at radius 3 is 1.51 bits per heavy atom. The van der Waals surface area contributed by atoms with Crippen molar-refractivity contribution in [2.75, 3.05) is 30.3 Å². The molecule has 2 amide bonds. The van der Waals surface area contributed by atoms with E-state index >= 15 is 0 Å². The molecule has 16 nitrogen and oxygen atoms in total. The maximum Gasteiger partial charge on any atom is 0.408 e. The molecule has 1 aromatic carbocycles. The molecule has 0 heterocycles. The second kappa shape index (κ2) is 17.4. The number of carboxylic acid groups (broad SMARTS) is 2. The largest absolute Gasteiger partial charge is 0.481 e. The monoisotopic (exact) mass is 680 g/mol. The molecule has 0 radical (unpaired) electrons. The van der Waals surface area contributed by atoms with E-state index in [1.807, 2.05) is 0 Å². The van der Waals surface area contributed by atoms with Gasteiger partial charge >= 0.3 is 24.1 Å². The van der Waals surface area contributed by atoms with Crippen LogP contribution in [0.25, 0.3) is 0 Å². The fraction of sp³-hybridized carbons (Fsp3) is 0.556. The fourth-order valence-corrected chi connectivity index (χ4v) is 5.50. The molecule has 18 heteroatoms. The summed E-state index contributed by atoms with van der Waals surface area (Å²) < 4.78 is 57.1. The van der Waals surface area contributed by atoms with E-state index in [0.29, 0.717) is 0 Å². The smallest absolute Gasteiger partial charge is 0.408 e. The van der Waals surface area contributed by atoms with Gasteiger partial charge in [0.25, 0.3) is 0 Å².